The second-order valence-corrected chi connectivity index (χ2v) is 5.26. The number of urea groups is 1. The van der Waals surface area contributed by atoms with Crippen molar-refractivity contribution in [2.75, 3.05) is 41.8 Å². The molecule has 2 aromatic rings. The molecule has 0 atom stereocenters. The largest absolute Gasteiger partial charge is 0.378 e. The van der Waals surface area contributed by atoms with Crippen LogP contribution in [0.4, 0.5) is 21.9 Å². The van der Waals surface area contributed by atoms with E-state index in [-0.39, 0.29) is 6.03 Å². The average Bonchev–Trinajstić information content (AvgIpc) is 3.01. The minimum atomic E-state index is -0.349. The molecule has 3 N–H and O–H groups in total. The number of nitrogens with one attached hydrogen (secondary N) is 3. The Bertz CT molecular complexity index is 641. The Morgan fingerprint density at radius 1 is 1.32 bits per heavy atom. The lowest BCUT2D eigenvalue weighted by molar-refractivity contribution is 0.123. The molecule has 0 aliphatic carbocycles. The molecule has 0 radical (unpaired) electrons. The number of nitrogens with zero attached hydrogens (tertiary/aromatic N) is 2. The number of H-pyrrole nitrogens is 1. The highest BCUT2D eigenvalue weighted by Gasteiger charge is 2.16. The molecule has 0 spiro atoms. The molecule has 0 bridgehead atoms. The first-order valence-electron chi connectivity index (χ1n) is 6.91. The Kier molecular flexibility index (Phi) is 4.45. The zero-order valence-electron chi connectivity index (χ0n) is 11.8. The van der Waals surface area contributed by atoms with E-state index in [9.17, 15) is 4.79 Å². The van der Waals surface area contributed by atoms with Gasteiger partial charge in [0.05, 0.1) is 36.5 Å². The summed E-state index contributed by atoms with van der Waals surface area (Å²) >= 11 is 6.05. The third-order valence-electron chi connectivity index (χ3n) is 3.31. The summed E-state index contributed by atoms with van der Waals surface area (Å²) < 4.78 is 5.36. The maximum atomic E-state index is 12.1. The van der Waals surface area contributed by atoms with Crippen LogP contribution in [0, 0.1) is 0 Å². The Morgan fingerprint density at radius 3 is 2.86 bits per heavy atom. The van der Waals surface area contributed by atoms with Gasteiger partial charge in [-0.3, -0.25) is 5.10 Å². The van der Waals surface area contributed by atoms with Gasteiger partial charge in [-0.15, -0.1) is 0 Å². The maximum Gasteiger partial charge on any atom is 0.323 e. The van der Waals surface area contributed by atoms with Crippen LogP contribution in [0.15, 0.2) is 30.6 Å². The number of benzene rings is 1. The van der Waals surface area contributed by atoms with Gasteiger partial charge in [-0.1, -0.05) is 11.6 Å². The third-order valence-corrected chi connectivity index (χ3v) is 3.55. The van der Waals surface area contributed by atoms with E-state index in [1.54, 1.807) is 12.3 Å². The van der Waals surface area contributed by atoms with Gasteiger partial charge in [-0.05, 0) is 18.2 Å². The van der Waals surface area contributed by atoms with Crippen LogP contribution in [0.1, 0.15) is 0 Å². The zero-order valence-corrected chi connectivity index (χ0v) is 12.6. The van der Waals surface area contributed by atoms with E-state index in [0.717, 1.165) is 18.8 Å². The molecule has 8 heteroatoms. The summed E-state index contributed by atoms with van der Waals surface area (Å²) in [6, 6.07) is 5.10. The van der Waals surface area contributed by atoms with Crippen molar-refractivity contribution in [3.63, 3.8) is 0 Å². The lowest BCUT2D eigenvalue weighted by Gasteiger charge is -2.30. The number of ether oxygens (including phenoxy) is 1. The summed E-state index contributed by atoms with van der Waals surface area (Å²) in [6.07, 6.45) is 3.13. The fourth-order valence-corrected chi connectivity index (χ4v) is 2.46. The third kappa shape index (κ3) is 3.49. The zero-order chi connectivity index (χ0) is 15.4. The van der Waals surface area contributed by atoms with Crippen molar-refractivity contribution in [1.82, 2.24) is 10.2 Å². The number of amides is 2. The average molecular weight is 322 g/mol. The van der Waals surface area contributed by atoms with Crippen molar-refractivity contribution < 1.29 is 9.53 Å². The van der Waals surface area contributed by atoms with Gasteiger partial charge in [-0.2, -0.15) is 5.10 Å². The van der Waals surface area contributed by atoms with E-state index in [0.29, 0.717) is 29.6 Å². The van der Waals surface area contributed by atoms with Crippen molar-refractivity contribution in [3.05, 3.63) is 35.6 Å². The fraction of sp³-hybridized carbons (Fsp3) is 0.286. The second kappa shape index (κ2) is 6.67. The summed E-state index contributed by atoms with van der Waals surface area (Å²) in [4.78, 5) is 14.2. The van der Waals surface area contributed by atoms with Gasteiger partial charge in [-0.25, -0.2) is 4.79 Å². The lowest BCUT2D eigenvalue weighted by Crippen LogP contribution is -2.37. The fourth-order valence-electron chi connectivity index (χ4n) is 2.29. The van der Waals surface area contributed by atoms with Crippen LogP contribution >= 0.6 is 11.6 Å². The molecule has 1 aromatic carbocycles. The highest BCUT2D eigenvalue weighted by molar-refractivity contribution is 6.31. The first kappa shape index (κ1) is 14.7. The SMILES string of the molecule is O=C(Nc1cn[nH]c1)Nc1cc(Cl)ccc1N1CCOCC1. The predicted molar refractivity (Wildman–Crippen MR) is 85.7 cm³/mol. The first-order valence-corrected chi connectivity index (χ1v) is 7.29. The number of aromatic nitrogens is 2. The van der Waals surface area contributed by atoms with Crippen LogP contribution in [-0.4, -0.2) is 42.5 Å². The van der Waals surface area contributed by atoms with E-state index in [4.69, 9.17) is 16.3 Å². The summed E-state index contributed by atoms with van der Waals surface area (Å²) in [5.41, 5.74) is 2.18. The number of halogens is 1. The summed E-state index contributed by atoms with van der Waals surface area (Å²) in [6.45, 7) is 2.89. The van der Waals surface area contributed by atoms with Gasteiger partial charge < -0.3 is 20.3 Å². The molecule has 2 amide bonds. The number of morpholine rings is 1. The number of aromatic amines is 1. The second-order valence-electron chi connectivity index (χ2n) is 4.83. The Labute approximate surface area is 132 Å². The van der Waals surface area contributed by atoms with Crippen molar-refractivity contribution in [2.45, 2.75) is 0 Å². The molecule has 22 heavy (non-hydrogen) atoms. The first-order chi connectivity index (χ1) is 10.7. The van der Waals surface area contributed by atoms with Gasteiger partial charge in [0.15, 0.2) is 0 Å². The molecule has 0 unspecified atom stereocenters. The van der Waals surface area contributed by atoms with Gasteiger partial charge >= 0.3 is 6.03 Å². The highest BCUT2D eigenvalue weighted by Crippen LogP contribution is 2.30. The Hall–Kier alpha value is -2.25. The Morgan fingerprint density at radius 2 is 2.14 bits per heavy atom. The quantitative estimate of drug-likeness (QED) is 0.811. The molecule has 1 aliphatic rings. The monoisotopic (exact) mass is 321 g/mol. The number of rotatable bonds is 3. The standard InChI is InChI=1S/C14H16ClN5O2/c15-10-1-2-13(20-3-5-22-6-4-20)12(7-10)19-14(21)18-11-8-16-17-9-11/h1-2,7-9H,3-6H2,(H,16,17)(H2,18,19,21). The number of carbonyl (C=O) groups is 1. The van der Waals surface area contributed by atoms with E-state index in [2.05, 4.69) is 25.7 Å². The van der Waals surface area contributed by atoms with Crippen molar-refractivity contribution in [3.8, 4) is 0 Å². The molecule has 7 nitrogen and oxygen atoms in total. The number of carbonyl (C=O) groups excluding carboxylic acids is 1. The summed E-state index contributed by atoms with van der Waals surface area (Å²) in [7, 11) is 0. The van der Waals surface area contributed by atoms with Crippen molar-refractivity contribution >= 4 is 34.7 Å². The van der Waals surface area contributed by atoms with Crippen LogP contribution in [-0.2, 0) is 4.74 Å². The van der Waals surface area contributed by atoms with Crippen LogP contribution < -0.4 is 15.5 Å². The van der Waals surface area contributed by atoms with Crippen LogP contribution in [0.3, 0.4) is 0 Å². The topological polar surface area (TPSA) is 82.3 Å². The molecule has 1 saturated heterocycles. The summed E-state index contributed by atoms with van der Waals surface area (Å²) in [5, 5.41) is 12.5. The van der Waals surface area contributed by atoms with E-state index >= 15 is 0 Å². The van der Waals surface area contributed by atoms with E-state index in [1.165, 1.54) is 6.20 Å². The molecule has 116 valence electrons. The van der Waals surface area contributed by atoms with Gasteiger partial charge in [0.25, 0.3) is 0 Å². The van der Waals surface area contributed by atoms with Crippen LogP contribution in [0.2, 0.25) is 5.02 Å². The van der Waals surface area contributed by atoms with E-state index in [1.807, 2.05) is 12.1 Å². The van der Waals surface area contributed by atoms with Crippen LogP contribution in [0.25, 0.3) is 0 Å². The molecule has 1 aromatic heterocycles. The molecule has 3 rings (SSSR count). The highest BCUT2D eigenvalue weighted by atomic mass is 35.5. The van der Waals surface area contributed by atoms with Crippen molar-refractivity contribution in [2.24, 2.45) is 0 Å². The molecule has 0 saturated carbocycles. The van der Waals surface area contributed by atoms with E-state index < -0.39 is 0 Å². The smallest absolute Gasteiger partial charge is 0.323 e. The van der Waals surface area contributed by atoms with Gasteiger partial charge in [0, 0.05) is 24.3 Å². The summed E-state index contributed by atoms with van der Waals surface area (Å²) in [5.74, 6) is 0. The predicted octanol–water partition coefficient (Wildman–Crippen LogP) is 2.54. The Balaban J connectivity index is 1.76. The maximum absolute atomic E-state index is 12.1. The molecule has 1 fully saturated rings. The molecular weight excluding hydrogens is 306 g/mol. The molecule has 1 aliphatic heterocycles. The van der Waals surface area contributed by atoms with Crippen molar-refractivity contribution in [1.29, 1.82) is 0 Å². The number of hydrogen-bond acceptors (Lipinski definition) is 4. The molecule has 2 heterocycles. The minimum absolute atomic E-state index is 0.349. The number of hydrogen-bond donors (Lipinski definition) is 3. The molecular formula is C14H16ClN5O2. The normalized spacial score (nSPS) is 14.7. The lowest BCUT2D eigenvalue weighted by atomic mass is 10.2. The van der Waals surface area contributed by atoms with Crippen LogP contribution in [0.5, 0.6) is 0 Å². The van der Waals surface area contributed by atoms with Gasteiger partial charge in [0.2, 0.25) is 0 Å². The van der Waals surface area contributed by atoms with Gasteiger partial charge in [0.1, 0.15) is 0 Å². The number of anilines is 3. The minimum Gasteiger partial charge on any atom is -0.378 e.